The second-order valence-electron chi connectivity index (χ2n) is 14.9. The van der Waals surface area contributed by atoms with Crippen LogP contribution in [0.2, 0.25) is 0 Å². The van der Waals surface area contributed by atoms with Crippen molar-refractivity contribution in [3.63, 3.8) is 0 Å². The largest absolute Gasteiger partial charge is 0.462 e. The molecule has 3 heterocycles. The monoisotopic (exact) mass is 743 g/mol. The molecule has 15 nitrogen and oxygen atoms in total. The summed E-state index contributed by atoms with van der Waals surface area (Å²) in [4.78, 5) is 38.4. The van der Waals surface area contributed by atoms with Crippen molar-refractivity contribution in [1.82, 2.24) is 4.90 Å². The minimum absolute atomic E-state index is 0.0335. The number of hydrogen-bond acceptors (Lipinski definition) is 15. The first-order chi connectivity index (χ1) is 24.4. The molecule has 0 aromatic rings. The van der Waals surface area contributed by atoms with Crippen molar-refractivity contribution in [2.45, 2.75) is 159 Å². The van der Waals surface area contributed by atoms with Gasteiger partial charge in [0, 0.05) is 33.3 Å². The van der Waals surface area contributed by atoms with Crippen LogP contribution in [-0.2, 0) is 47.5 Å². The molecule has 3 rings (SSSR count). The van der Waals surface area contributed by atoms with E-state index in [4.69, 9.17) is 33.2 Å². The highest BCUT2D eigenvalue weighted by Gasteiger charge is 2.52. The van der Waals surface area contributed by atoms with E-state index < -0.39 is 110 Å². The van der Waals surface area contributed by atoms with Gasteiger partial charge in [0.25, 0.3) is 0 Å². The minimum Gasteiger partial charge on any atom is -0.462 e. The number of hydrogen-bond donors (Lipinski definition) is 4. The summed E-state index contributed by atoms with van der Waals surface area (Å²) in [7, 11) is 4.84. The van der Waals surface area contributed by atoms with Crippen LogP contribution in [0, 0.1) is 11.8 Å². The quantitative estimate of drug-likeness (QED) is 0.195. The lowest BCUT2D eigenvalue weighted by molar-refractivity contribution is -0.344. The van der Waals surface area contributed by atoms with Gasteiger partial charge in [-0.1, -0.05) is 31.2 Å². The molecule has 3 aliphatic rings. The topological polar surface area (TPSA) is 200 Å². The Morgan fingerprint density at radius 1 is 1.04 bits per heavy atom. The van der Waals surface area contributed by atoms with E-state index in [-0.39, 0.29) is 25.2 Å². The maximum absolute atomic E-state index is 12.9. The molecule has 0 amide bonds. The molecule has 16 atom stereocenters. The Bertz CT molecular complexity index is 1210. The van der Waals surface area contributed by atoms with E-state index in [0.29, 0.717) is 12.7 Å². The average Bonchev–Trinajstić information content (AvgIpc) is 3.03. The zero-order valence-corrected chi connectivity index (χ0v) is 31.9. The molecule has 0 bridgehead atoms. The number of cyclic esters (lactones) is 1. The summed E-state index contributed by atoms with van der Waals surface area (Å²) in [6.45, 7) is 9.74. The highest BCUT2D eigenvalue weighted by molar-refractivity contribution is 5.70. The fourth-order valence-corrected chi connectivity index (χ4v) is 7.43. The lowest BCUT2D eigenvalue weighted by Gasteiger charge is -2.50. The van der Waals surface area contributed by atoms with Gasteiger partial charge in [0.05, 0.1) is 43.0 Å². The fourth-order valence-electron chi connectivity index (χ4n) is 7.43. The fraction of sp³-hybridized carbons (Fsp3) is 0.811. The molecule has 2 saturated heterocycles. The van der Waals surface area contributed by atoms with Gasteiger partial charge in [0.2, 0.25) is 0 Å². The number of aliphatic hydroxyl groups is 4. The first-order valence-corrected chi connectivity index (χ1v) is 18.1. The molecule has 1 unspecified atom stereocenters. The molecule has 0 saturated carbocycles. The van der Waals surface area contributed by atoms with E-state index in [9.17, 15) is 34.8 Å². The molecule has 0 spiro atoms. The van der Waals surface area contributed by atoms with Crippen LogP contribution >= 0.6 is 0 Å². The van der Waals surface area contributed by atoms with Crippen LogP contribution in [-0.4, -0.2) is 150 Å². The SMILES string of the molecule is CO[C@@H]1[C@@H](OC2O[C@H](C)[C@@H](O[C@H]3C[C@@](C)(O)[C@@H](OC(C)=O)[C@H](C)O3)[C@H](N(C)C)[C@H]2O)[C@@H](CC=O)C[C@@H](C)[C@@H](O)/C=C/C=C/C[C@@H](C)OC(=O)C[C@@H]1O. The van der Waals surface area contributed by atoms with Gasteiger partial charge in [-0.25, -0.2) is 0 Å². The summed E-state index contributed by atoms with van der Waals surface area (Å²) in [6.07, 6.45) is -4.09. The van der Waals surface area contributed by atoms with Gasteiger partial charge in [0.1, 0.15) is 36.3 Å². The zero-order chi connectivity index (χ0) is 38.9. The van der Waals surface area contributed by atoms with Crippen LogP contribution in [0.15, 0.2) is 24.3 Å². The van der Waals surface area contributed by atoms with Gasteiger partial charge in [-0.05, 0) is 60.0 Å². The number of allylic oxidation sites excluding steroid dienone is 2. The molecular formula is C37H61NO14. The molecule has 2 fully saturated rings. The van der Waals surface area contributed by atoms with E-state index in [1.807, 2.05) is 13.0 Å². The maximum Gasteiger partial charge on any atom is 0.308 e. The predicted octanol–water partition coefficient (Wildman–Crippen LogP) is 1.42. The number of carbonyl (C=O) groups excluding carboxylic acids is 3. The van der Waals surface area contributed by atoms with Gasteiger partial charge in [0.15, 0.2) is 18.7 Å². The first kappa shape index (κ1) is 44.1. The van der Waals surface area contributed by atoms with Crippen LogP contribution in [0.4, 0.5) is 0 Å². The van der Waals surface area contributed by atoms with Gasteiger partial charge in [-0.15, -0.1) is 0 Å². The van der Waals surface area contributed by atoms with Crippen LogP contribution in [0.5, 0.6) is 0 Å². The third kappa shape index (κ3) is 11.8. The van der Waals surface area contributed by atoms with Crippen molar-refractivity contribution in [1.29, 1.82) is 0 Å². The van der Waals surface area contributed by atoms with Crippen molar-refractivity contribution in [2.75, 3.05) is 21.2 Å². The summed E-state index contributed by atoms with van der Waals surface area (Å²) >= 11 is 0. The Hall–Kier alpha value is -2.31. The predicted molar refractivity (Wildman–Crippen MR) is 187 cm³/mol. The average molecular weight is 744 g/mol. The van der Waals surface area contributed by atoms with Gasteiger partial charge in [-0.3, -0.25) is 9.59 Å². The Morgan fingerprint density at radius 3 is 2.33 bits per heavy atom. The number of rotatable bonds is 9. The van der Waals surface area contributed by atoms with Crippen molar-refractivity contribution in [2.24, 2.45) is 11.8 Å². The third-order valence-electron chi connectivity index (χ3n) is 10.1. The Labute approximate surface area is 307 Å². The van der Waals surface area contributed by atoms with Gasteiger partial charge < -0.3 is 63.3 Å². The number of esters is 2. The molecule has 298 valence electrons. The third-order valence-corrected chi connectivity index (χ3v) is 10.1. The van der Waals surface area contributed by atoms with Crippen LogP contribution in [0.1, 0.15) is 73.6 Å². The normalized spacial score (nSPS) is 44.0. The number of nitrogens with zero attached hydrogens (tertiary/aromatic N) is 1. The zero-order valence-electron chi connectivity index (χ0n) is 31.9. The molecule has 0 aromatic carbocycles. The van der Waals surface area contributed by atoms with E-state index in [1.54, 1.807) is 58.0 Å². The van der Waals surface area contributed by atoms with E-state index in [0.717, 1.165) is 0 Å². The van der Waals surface area contributed by atoms with Crippen molar-refractivity contribution >= 4 is 18.2 Å². The minimum atomic E-state index is -1.47. The Morgan fingerprint density at radius 2 is 1.73 bits per heavy atom. The summed E-state index contributed by atoms with van der Waals surface area (Å²) in [5.74, 6) is -2.23. The van der Waals surface area contributed by atoms with Gasteiger partial charge >= 0.3 is 11.9 Å². The first-order valence-electron chi connectivity index (χ1n) is 18.1. The number of carbonyl (C=O) groups is 3. The van der Waals surface area contributed by atoms with Crippen LogP contribution in [0.3, 0.4) is 0 Å². The molecular weight excluding hydrogens is 682 g/mol. The van der Waals surface area contributed by atoms with Crippen molar-refractivity contribution in [3.05, 3.63) is 24.3 Å². The summed E-state index contributed by atoms with van der Waals surface area (Å²) in [5, 5.41) is 45.4. The molecule has 52 heavy (non-hydrogen) atoms. The standard InChI is InChI=1S/C37H61NO14/c1-20-17-25(15-16-39)33(34(46-9)27(42)18-28(43)47-21(2)13-11-10-12-14-26(20)41)52-36-31(44)30(38(7)8)32(22(3)49-36)51-29-19-37(6,45)35(23(4)48-29)50-24(5)40/h10-12,14,16,20-23,25-27,29-36,41-42,44-45H,13,15,17-19H2,1-9H3/b11-10+,14-12+/t20-,21-,22-,23+,25+,26+,27+,29+,30-,31-,32-,33+,34+,35+,36?,37-/m1/s1. The Kier molecular flexibility index (Phi) is 16.8. The van der Waals surface area contributed by atoms with E-state index >= 15 is 0 Å². The lowest BCUT2D eigenvalue weighted by Crippen LogP contribution is -2.66. The number of likely N-dealkylation sites (N-methyl/N-ethyl adjacent to an activating group) is 1. The number of ether oxygens (including phenoxy) is 7. The second kappa shape index (κ2) is 19.9. The summed E-state index contributed by atoms with van der Waals surface area (Å²) < 4.78 is 41.8. The highest BCUT2D eigenvalue weighted by Crippen LogP contribution is 2.37. The van der Waals surface area contributed by atoms with E-state index in [2.05, 4.69) is 0 Å². The summed E-state index contributed by atoms with van der Waals surface area (Å²) in [5.41, 5.74) is -1.47. The number of aliphatic hydroxyl groups excluding tert-OH is 3. The maximum atomic E-state index is 12.9. The smallest absolute Gasteiger partial charge is 0.308 e. The second-order valence-corrected chi connectivity index (χ2v) is 14.9. The molecule has 0 radical (unpaired) electrons. The lowest BCUT2D eigenvalue weighted by atomic mass is 9.82. The highest BCUT2D eigenvalue weighted by atomic mass is 16.7. The molecule has 0 aromatic heterocycles. The van der Waals surface area contributed by atoms with Crippen molar-refractivity contribution in [3.8, 4) is 0 Å². The Balaban J connectivity index is 1.93. The molecule has 0 aliphatic carbocycles. The number of aldehydes is 1. The molecule has 4 N–H and O–H groups in total. The molecule has 15 heteroatoms. The number of methoxy groups -OCH3 is 1. The van der Waals surface area contributed by atoms with E-state index in [1.165, 1.54) is 21.0 Å². The molecule has 3 aliphatic heterocycles. The van der Waals surface area contributed by atoms with Crippen molar-refractivity contribution < 1.29 is 68.0 Å². The van der Waals surface area contributed by atoms with Crippen LogP contribution < -0.4 is 0 Å². The van der Waals surface area contributed by atoms with Gasteiger partial charge in [-0.2, -0.15) is 0 Å². The summed E-state index contributed by atoms with van der Waals surface area (Å²) in [6, 6.07) is -0.749. The van der Waals surface area contributed by atoms with Crippen LogP contribution in [0.25, 0.3) is 0 Å².